The second-order valence-corrected chi connectivity index (χ2v) is 5.77. The van der Waals surface area contributed by atoms with Crippen molar-refractivity contribution in [1.82, 2.24) is 4.90 Å². The lowest BCUT2D eigenvalue weighted by Gasteiger charge is -2.36. The van der Waals surface area contributed by atoms with Crippen molar-refractivity contribution in [2.75, 3.05) is 26.3 Å². The minimum absolute atomic E-state index is 0.239. The van der Waals surface area contributed by atoms with Crippen LogP contribution in [-0.2, 0) is 4.74 Å². The second-order valence-electron chi connectivity index (χ2n) is 5.77. The van der Waals surface area contributed by atoms with E-state index in [1.165, 1.54) is 37.7 Å². The van der Waals surface area contributed by atoms with Crippen LogP contribution in [0.1, 0.15) is 45.4 Å². The SMILES string of the molecule is CC(O)CN(CC1=CCCOC1)C1CCCCC1. The summed E-state index contributed by atoms with van der Waals surface area (Å²) in [6, 6.07) is 0.663. The van der Waals surface area contributed by atoms with E-state index >= 15 is 0 Å². The number of nitrogens with zero attached hydrogens (tertiary/aromatic N) is 1. The van der Waals surface area contributed by atoms with Crippen molar-refractivity contribution in [1.29, 1.82) is 0 Å². The maximum Gasteiger partial charge on any atom is 0.0689 e. The Morgan fingerprint density at radius 3 is 2.78 bits per heavy atom. The van der Waals surface area contributed by atoms with Crippen LogP contribution < -0.4 is 0 Å². The molecule has 1 N–H and O–H groups in total. The quantitative estimate of drug-likeness (QED) is 0.763. The van der Waals surface area contributed by atoms with E-state index < -0.39 is 0 Å². The number of ether oxygens (including phenoxy) is 1. The van der Waals surface area contributed by atoms with Crippen molar-refractivity contribution in [3.63, 3.8) is 0 Å². The van der Waals surface area contributed by atoms with Gasteiger partial charge in [-0.3, -0.25) is 4.90 Å². The third-order valence-electron chi connectivity index (χ3n) is 3.98. The number of hydrogen-bond donors (Lipinski definition) is 1. The van der Waals surface area contributed by atoms with Gasteiger partial charge in [0.25, 0.3) is 0 Å². The monoisotopic (exact) mass is 253 g/mol. The van der Waals surface area contributed by atoms with Crippen molar-refractivity contribution >= 4 is 0 Å². The average Bonchev–Trinajstić information content (AvgIpc) is 2.40. The molecule has 0 radical (unpaired) electrons. The highest BCUT2D eigenvalue weighted by Crippen LogP contribution is 2.24. The van der Waals surface area contributed by atoms with Crippen LogP contribution in [0, 0.1) is 0 Å². The maximum atomic E-state index is 9.69. The highest BCUT2D eigenvalue weighted by Gasteiger charge is 2.23. The molecular formula is C15H27NO2. The van der Waals surface area contributed by atoms with Gasteiger partial charge >= 0.3 is 0 Å². The largest absolute Gasteiger partial charge is 0.392 e. The molecule has 1 aliphatic carbocycles. The van der Waals surface area contributed by atoms with Gasteiger partial charge in [0.15, 0.2) is 0 Å². The smallest absolute Gasteiger partial charge is 0.0689 e. The first-order chi connectivity index (χ1) is 8.75. The molecule has 2 rings (SSSR count). The van der Waals surface area contributed by atoms with Crippen molar-refractivity contribution < 1.29 is 9.84 Å². The summed E-state index contributed by atoms with van der Waals surface area (Å²) in [4.78, 5) is 2.48. The zero-order valence-electron chi connectivity index (χ0n) is 11.6. The molecule has 18 heavy (non-hydrogen) atoms. The highest BCUT2D eigenvalue weighted by molar-refractivity contribution is 5.08. The Morgan fingerprint density at radius 1 is 1.39 bits per heavy atom. The summed E-state index contributed by atoms with van der Waals surface area (Å²) >= 11 is 0. The molecule has 3 nitrogen and oxygen atoms in total. The molecule has 0 amide bonds. The lowest BCUT2D eigenvalue weighted by Crippen LogP contribution is -2.42. The lowest BCUT2D eigenvalue weighted by molar-refractivity contribution is 0.0810. The molecule has 2 aliphatic rings. The Morgan fingerprint density at radius 2 is 2.17 bits per heavy atom. The number of aliphatic hydroxyl groups excluding tert-OH is 1. The first-order valence-electron chi connectivity index (χ1n) is 7.43. The fraction of sp³-hybridized carbons (Fsp3) is 0.867. The first kappa shape index (κ1) is 14.0. The Kier molecular flexibility index (Phi) is 5.67. The first-order valence-corrected chi connectivity index (χ1v) is 7.43. The molecule has 1 saturated carbocycles. The normalized spacial score (nSPS) is 24.1. The van der Waals surface area contributed by atoms with E-state index in [0.717, 1.165) is 32.7 Å². The number of aliphatic hydroxyl groups is 1. The second kappa shape index (κ2) is 7.27. The zero-order chi connectivity index (χ0) is 12.8. The van der Waals surface area contributed by atoms with Crippen LogP contribution >= 0.6 is 0 Å². The molecule has 1 aliphatic heterocycles. The Bertz CT molecular complexity index is 270. The fourth-order valence-electron chi connectivity index (χ4n) is 3.11. The van der Waals surface area contributed by atoms with Gasteiger partial charge in [0, 0.05) is 19.1 Å². The summed E-state index contributed by atoms with van der Waals surface area (Å²) in [5.41, 5.74) is 1.40. The van der Waals surface area contributed by atoms with Gasteiger partial charge in [-0.1, -0.05) is 25.3 Å². The van der Waals surface area contributed by atoms with Gasteiger partial charge < -0.3 is 9.84 Å². The van der Waals surface area contributed by atoms with E-state index in [1.807, 2.05) is 6.92 Å². The van der Waals surface area contributed by atoms with Gasteiger partial charge in [0.05, 0.1) is 19.3 Å². The van der Waals surface area contributed by atoms with Gasteiger partial charge in [-0.05, 0) is 31.8 Å². The van der Waals surface area contributed by atoms with E-state index in [9.17, 15) is 5.11 Å². The maximum absolute atomic E-state index is 9.69. The molecular weight excluding hydrogens is 226 g/mol. The molecule has 0 aromatic rings. The summed E-state index contributed by atoms with van der Waals surface area (Å²) in [5, 5.41) is 9.69. The summed E-state index contributed by atoms with van der Waals surface area (Å²) < 4.78 is 5.52. The third kappa shape index (κ3) is 4.38. The molecule has 1 unspecified atom stereocenters. The average molecular weight is 253 g/mol. The van der Waals surface area contributed by atoms with Crippen LogP contribution in [0.15, 0.2) is 11.6 Å². The molecule has 104 valence electrons. The topological polar surface area (TPSA) is 32.7 Å². The summed E-state index contributed by atoms with van der Waals surface area (Å²) in [5.74, 6) is 0. The van der Waals surface area contributed by atoms with Crippen molar-refractivity contribution in [2.45, 2.75) is 57.6 Å². The third-order valence-corrected chi connectivity index (χ3v) is 3.98. The lowest BCUT2D eigenvalue weighted by atomic mass is 9.93. The summed E-state index contributed by atoms with van der Waals surface area (Å²) in [7, 11) is 0. The Labute approximate surface area is 111 Å². The molecule has 0 bridgehead atoms. The molecule has 1 heterocycles. The van der Waals surface area contributed by atoms with Gasteiger partial charge in [-0.2, -0.15) is 0 Å². The summed E-state index contributed by atoms with van der Waals surface area (Å²) in [6.45, 7) is 5.31. The van der Waals surface area contributed by atoms with Gasteiger partial charge in [-0.15, -0.1) is 0 Å². The molecule has 3 heteroatoms. The van der Waals surface area contributed by atoms with E-state index in [-0.39, 0.29) is 6.10 Å². The Balaban J connectivity index is 1.92. The van der Waals surface area contributed by atoms with Gasteiger partial charge in [-0.25, -0.2) is 0 Å². The van der Waals surface area contributed by atoms with E-state index in [0.29, 0.717) is 6.04 Å². The standard InChI is InChI=1S/C15H27NO2/c1-13(17)10-16(15-7-3-2-4-8-15)11-14-6-5-9-18-12-14/h6,13,15,17H,2-5,7-12H2,1H3. The molecule has 0 saturated heterocycles. The molecule has 1 atom stereocenters. The van der Waals surface area contributed by atoms with Crippen molar-refractivity contribution in [2.24, 2.45) is 0 Å². The molecule has 0 spiro atoms. The predicted molar refractivity (Wildman–Crippen MR) is 73.6 cm³/mol. The summed E-state index contributed by atoms with van der Waals surface area (Å²) in [6.07, 6.45) is 9.78. The zero-order valence-corrected chi connectivity index (χ0v) is 11.6. The van der Waals surface area contributed by atoms with Crippen LogP contribution in [0.5, 0.6) is 0 Å². The van der Waals surface area contributed by atoms with E-state index in [4.69, 9.17) is 4.74 Å². The van der Waals surface area contributed by atoms with Crippen LogP contribution in [0.25, 0.3) is 0 Å². The molecule has 0 aromatic carbocycles. The fourth-order valence-corrected chi connectivity index (χ4v) is 3.11. The van der Waals surface area contributed by atoms with Crippen LogP contribution in [0.2, 0.25) is 0 Å². The van der Waals surface area contributed by atoms with Gasteiger partial charge in [0.1, 0.15) is 0 Å². The minimum atomic E-state index is -0.239. The number of rotatable bonds is 5. The van der Waals surface area contributed by atoms with Crippen molar-refractivity contribution in [3.8, 4) is 0 Å². The van der Waals surface area contributed by atoms with Crippen LogP contribution in [-0.4, -0.2) is 48.5 Å². The predicted octanol–water partition coefficient (Wildman–Crippen LogP) is 2.35. The highest BCUT2D eigenvalue weighted by atomic mass is 16.5. The van der Waals surface area contributed by atoms with E-state index in [1.54, 1.807) is 0 Å². The number of hydrogen-bond acceptors (Lipinski definition) is 3. The molecule has 1 fully saturated rings. The van der Waals surface area contributed by atoms with E-state index in [2.05, 4.69) is 11.0 Å². The van der Waals surface area contributed by atoms with Crippen LogP contribution in [0.3, 0.4) is 0 Å². The Hall–Kier alpha value is -0.380. The van der Waals surface area contributed by atoms with Crippen molar-refractivity contribution in [3.05, 3.63) is 11.6 Å². The van der Waals surface area contributed by atoms with Gasteiger partial charge in [0.2, 0.25) is 0 Å². The molecule has 0 aromatic heterocycles. The minimum Gasteiger partial charge on any atom is -0.392 e. The van der Waals surface area contributed by atoms with Crippen LogP contribution in [0.4, 0.5) is 0 Å².